The van der Waals surface area contributed by atoms with E-state index < -0.39 is 0 Å². The molecular weight excluding hydrogens is 226 g/mol. The fourth-order valence-electron chi connectivity index (χ4n) is 1.76. The molecular formula is C14H21N3O. The Morgan fingerprint density at radius 1 is 1.44 bits per heavy atom. The highest BCUT2D eigenvalue weighted by Gasteiger charge is 2.16. The van der Waals surface area contributed by atoms with Gasteiger partial charge >= 0.3 is 0 Å². The summed E-state index contributed by atoms with van der Waals surface area (Å²) >= 11 is 0. The second kappa shape index (κ2) is 6.27. The van der Waals surface area contributed by atoms with Gasteiger partial charge in [0.1, 0.15) is 6.07 Å². The van der Waals surface area contributed by atoms with Crippen molar-refractivity contribution < 1.29 is 5.11 Å². The van der Waals surface area contributed by atoms with Crippen LogP contribution in [-0.2, 0) is 0 Å². The molecule has 0 unspecified atom stereocenters. The number of rotatable bonds is 6. The van der Waals surface area contributed by atoms with Gasteiger partial charge < -0.3 is 16.2 Å². The molecule has 0 saturated heterocycles. The molecule has 4 N–H and O–H groups in total. The molecule has 0 aliphatic heterocycles. The van der Waals surface area contributed by atoms with Gasteiger partial charge in [-0.15, -0.1) is 0 Å². The van der Waals surface area contributed by atoms with Gasteiger partial charge in [0.2, 0.25) is 0 Å². The van der Waals surface area contributed by atoms with Crippen molar-refractivity contribution in [2.45, 2.75) is 26.7 Å². The largest absolute Gasteiger partial charge is 0.398 e. The summed E-state index contributed by atoms with van der Waals surface area (Å²) in [5, 5.41) is 20.9. The number of nitriles is 1. The lowest BCUT2D eigenvalue weighted by Gasteiger charge is -2.25. The van der Waals surface area contributed by atoms with Crippen LogP contribution in [0.15, 0.2) is 18.2 Å². The Morgan fingerprint density at radius 3 is 2.72 bits per heavy atom. The quantitative estimate of drug-likeness (QED) is 0.674. The van der Waals surface area contributed by atoms with Gasteiger partial charge in [-0.1, -0.05) is 13.8 Å². The molecule has 4 nitrogen and oxygen atoms in total. The maximum Gasteiger partial charge on any atom is 0.101 e. The molecule has 0 amide bonds. The summed E-state index contributed by atoms with van der Waals surface area (Å²) in [5.41, 5.74) is 7.79. The van der Waals surface area contributed by atoms with E-state index in [1.54, 1.807) is 12.1 Å². The average molecular weight is 247 g/mol. The number of anilines is 2. The first-order valence-electron chi connectivity index (χ1n) is 6.13. The fourth-order valence-corrected chi connectivity index (χ4v) is 1.76. The van der Waals surface area contributed by atoms with E-state index in [9.17, 15) is 0 Å². The summed E-state index contributed by atoms with van der Waals surface area (Å²) in [6.45, 7) is 5.34. The first kappa shape index (κ1) is 14.3. The Balaban J connectivity index is 2.58. The predicted molar refractivity (Wildman–Crippen MR) is 74.2 cm³/mol. The van der Waals surface area contributed by atoms with Crippen molar-refractivity contribution in [3.8, 4) is 6.07 Å². The number of nitrogens with one attached hydrogen (secondary N) is 1. The predicted octanol–water partition coefficient (Wildman–Crippen LogP) is 2.35. The van der Waals surface area contributed by atoms with E-state index >= 15 is 0 Å². The summed E-state index contributed by atoms with van der Waals surface area (Å²) in [5.74, 6) is 0. The second-order valence-corrected chi connectivity index (χ2v) is 5.26. The molecule has 0 aliphatic rings. The molecule has 4 heteroatoms. The molecule has 0 fully saturated rings. The zero-order valence-corrected chi connectivity index (χ0v) is 11.0. The Kier molecular flexibility index (Phi) is 4.99. The summed E-state index contributed by atoms with van der Waals surface area (Å²) in [7, 11) is 0. The van der Waals surface area contributed by atoms with Crippen molar-refractivity contribution in [3.05, 3.63) is 23.8 Å². The molecule has 1 aromatic rings. The van der Waals surface area contributed by atoms with E-state index in [1.807, 2.05) is 12.1 Å². The number of aliphatic hydroxyl groups is 1. The number of benzene rings is 1. The van der Waals surface area contributed by atoms with Gasteiger partial charge in [-0.05, 0) is 36.5 Å². The van der Waals surface area contributed by atoms with Crippen LogP contribution in [0.1, 0.15) is 32.3 Å². The van der Waals surface area contributed by atoms with Gasteiger partial charge in [-0.25, -0.2) is 0 Å². The Hall–Kier alpha value is -1.73. The molecule has 0 spiro atoms. The molecule has 0 bridgehead atoms. The van der Waals surface area contributed by atoms with Crippen LogP contribution in [0.5, 0.6) is 0 Å². The standard InChI is InChI=1S/C14H21N3O/c1-14(2,6-3-7-18)10-17-12-5-4-11(9-15)13(16)8-12/h4-5,8,17-18H,3,6-7,10,16H2,1-2H3. The van der Waals surface area contributed by atoms with E-state index in [1.165, 1.54) is 0 Å². The van der Waals surface area contributed by atoms with Crippen molar-refractivity contribution in [2.24, 2.45) is 5.41 Å². The highest BCUT2D eigenvalue weighted by atomic mass is 16.2. The van der Waals surface area contributed by atoms with Crippen molar-refractivity contribution in [1.82, 2.24) is 0 Å². The molecule has 0 aromatic heterocycles. The number of nitrogen functional groups attached to an aromatic ring is 1. The van der Waals surface area contributed by atoms with E-state index in [-0.39, 0.29) is 12.0 Å². The third-order valence-electron chi connectivity index (χ3n) is 2.95. The van der Waals surface area contributed by atoms with Gasteiger partial charge in [-0.2, -0.15) is 5.26 Å². The first-order valence-corrected chi connectivity index (χ1v) is 6.13. The minimum Gasteiger partial charge on any atom is -0.398 e. The molecule has 18 heavy (non-hydrogen) atoms. The second-order valence-electron chi connectivity index (χ2n) is 5.26. The smallest absolute Gasteiger partial charge is 0.101 e. The number of aliphatic hydroxyl groups excluding tert-OH is 1. The summed E-state index contributed by atoms with van der Waals surface area (Å²) in [6.07, 6.45) is 1.77. The van der Waals surface area contributed by atoms with E-state index in [4.69, 9.17) is 16.1 Å². The van der Waals surface area contributed by atoms with Gasteiger partial charge in [0, 0.05) is 18.8 Å². The van der Waals surface area contributed by atoms with Gasteiger partial charge in [0.05, 0.1) is 11.3 Å². The SMILES string of the molecule is CC(C)(CCCO)CNc1ccc(C#N)c(N)c1. The van der Waals surface area contributed by atoms with Crippen LogP contribution in [0.4, 0.5) is 11.4 Å². The zero-order chi connectivity index (χ0) is 13.6. The number of nitrogens with two attached hydrogens (primary N) is 1. The summed E-state index contributed by atoms with van der Waals surface area (Å²) < 4.78 is 0. The molecule has 0 saturated carbocycles. The van der Waals surface area contributed by atoms with Gasteiger partial charge in [0.25, 0.3) is 0 Å². The molecule has 1 aromatic carbocycles. The molecule has 1 rings (SSSR count). The van der Waals surface area contributed by atoms with Gasteiger partial charge in [0.15, 0.2) is 0 Å². The summed E-state index contributed by atoms with van der Waals surface area (Å²) in [6, 6.07) is 7.40. The number of nitrogens with zero attached hydrogens (tertiary/aromatic N) is 1. The van der Waals surface area contributed by atoms with Crippen LogP contribution in [0, 0.1) is 16.7 Å². The van der Waals surface area contributed by atoms with Crippen molar-refractivity contribution in [3.63, 3.8) is 0 Å². The third kappa shape index (κ3) is 4.27. The lowest BCUT2D eigenvalue weighted by molar-refractivity contribution is 0.248. The highest BCUT2D eigenvalue weighted by molar-refractivity contribution is 5.62. The Bertz CT molecular complexity index is 435. The molecule has 0 aliphatic carbocycles. The third-order valence-corrected chi connectivity index (χ3v) is 2.95. The normalized spacial score (nSPS) is 11.0. The van der Waals surface area contributed by atoms with Crippen LogP contribution in [0.25, 0.3) is 0 Å². The first-order chi connectivity index (χ1) is 8.48. The minimum atomic E-state index is 0.116. The molecule has 98 valence electrons. The molecule has 0 heterocycles. The fraction of sp³-hybridized carbons (Fsp3) is 0.500. The van der Waals surface area contributed by atoms with E-state index in [0.29, 0.717) is 11.3 Å². The molecule has 0 atom stereocenters. The van der Waals surface area contributed by atoms with Crippen molar-refractivity contribution in [2.75, 3.05) is 24.2 Å². The van der Waals surface area contributed by atoms with Crippen LogP contribution < -0.4 is 11.1 Å². The number of hydrogen-bond acceptors (Lipinski definition) is 4. The highest BCUT2D eigenvalue weighted by Crippen LogP contribution is 2.24. The summed E-state index contributed by atoms with van der Waals surface area (Å²) in [4.78, 5) is 0. The average Bonchev–Trinajstić information content (AvgIpc) is 2.34. The van der Waals surface area contributed by atoms with E-state index in [2.05, 4.69) is 19.2 Å². The van der Waals surface area contributed by atoms with Crippen LogP contribution in [0.2, 0.25) is 0 Å². The lowest BCUT2D eigenvalue weighted by Crippen LogP contribution is -2.23. The maximum atomic E-state index is 8.84. The molecule has 0 radical (unpaired) electrons. The van der Waals surface area contributed by atoms with E-state index in [0.717, 1.165) is 25.1 Å². The topological polar surface area (TPSA) is 82.1 Å². The van der Waals surface area contributed by atoms with Crippen molar-refractivity contribution in [1.29, 1.82) is 5.26 Å². The minimum absolute atomic E-state index is 0.116. The Morgan fingerprint density at radius 2 is 2.17 bits per heavy atom. The Labute approximate surface area is 108 Å². The van der Waals surface area contributed by atoms with Crippen molar-refractivity contribution >= 4 is 11.4 Å². The van der Waals surface area contributed by atoms with Crippen LogP contribution in [-0.4, -0.2) is 18.3 Å². The number of hydrogen-bond donors (Lipinski definition) is 3. The lowest BCUT2D eigenvalue weighted by atomic mass is 9.88. The zero-order valence-electron chi connectivity index (χ0n) is 11.0. The van der Waals surface area contributed by atoms with Gasteiger partial charge in [-0.3, -0.25) is 0 Å². The van der Waals surface area contributed by atoms with Crippen LogP contribution in [0.3, 0.4) is 0 Å². The maximum absolute atomic E-state index is 8.84. The van der Waals surface area contributed by atoms with Crippen LogP contribution >= 0.6 is 0 Å². The monoisotopic (exact) mass is 247 g/mol.